The van der Waals surface area contributed by atoms with Gasteiger partial charge in [0, 0.05) is 11.1 Å². The van der Waals surface area contributed by atoms with Crippen LogP contribution >= 0.6 is 0 Å². The van der Waals surface area contributed by atoms with Crippen molar-refractivity contribution in [3.63, 3.8) is 0 Å². The van der Waals surface area contributed by atoms with Gasteiger partial charge in [0.15, 0.2) is 0 Å². The molecule has 0 aliphatic heterocycles. The van der Waals surface area contributed by atoms with Crippen molar-refractivity contribution < 1.29 is 5.11 Å². The van der Waals surface area contributed by atoms with Gasteiger partial charge in [-0.3, -0.25) is 0 Å². The van der Waals surface area contributed by atoms with E-state index in [0.29, 0.717) is 5.56 Å². The van der Waals surface area contributed by atoms with Crippen molar-refractivity contribution in [3.8, 4) is 29.4 Å². The molecule has 0 fully saturated rings. The molecule has 1 N–H and O–H groups in total. The highest BCUT2D eigenvalue weighted by Crippen LogP contribution is 2.17. The van der Waals surface area contributed by atoms with Gasteiger partial charge >= 0.3 is 0 Å². The van der Waals surface area contributed by atoms with Crippen LogP contribution in [0.5, 0.6) is 5.75 Å². The summed E-state index contributed by atoms with van der Waals surface area (Å²) in [6.07, 6.45) is 0. The lowest BCUT2D eigenvalue weighted by Gasteiger charge is -1.97. The summed E-state index contributed by atoms with van der Waals surface area (Å²) in [5.74, 6) is 11.9. The van der Waals surface area contributed by atoms with Gasteiger partial charge in [0.1, 0.15) is 5.75 Å². The molecular formula is C18H14O. The SMILES string of the molecule is CC#Cc1ccc(C#Cc2ccc(C)cc2)c(O)c1. The summed E-state index contributed by atoms with van der Waals surface area (Å²) in [4.78, 5) is 0. The van der Waals surface area contributed by atoms with E-state index >= 15 is 0 Å². The van der Waals surface area contributed by atoms with Crippen LogP contribution in [0.25, 0.3) is 0 Å². The van der Waals surface area contributed by atoms with Crippen LogP contribution in [0.15, 0.2) is 42.5 Å². The Morgan fingerprint density at radius 3 is 2.16 bits per heavy atom. The summed E-state index contributed by atoms with van der Waals surface area (Å²) < 4.78 is 0. The van der Waals surface area contributed by atoms with Crippen molar-refractivity contribution in [2.75, 3.05) is 0 Å². The van der Waals surface area contributed by atoms with Crippen LogP contribution in [0.3, 0.4) is 0 Å². The van der Waals surface area contributed by atoms with Gasteiger partial charge in [0.2, 0.25) is 0 Å². The van der Waals surface area contributed by atoms with Gasteiger partial charge in [-0.1, -0.05) is 35.5 Å². The highest BCUT2D eigenvalue weighted by atomic mass is 16.3. The van der Waals surface area contributed by atoms with E-state index in [1.165, 1.54) is 5.56 Å². The van der Waals surface area contributed by atoms with Crippen LogP contribution in [0.2, 0.25) is 0 Å². The third-order valence-corrected chi connectivity index (χ3v) is 2.66. The van der Waals surface area contributed by atoms with E-state index in [1.807, 2.05) is 37.3 Å². The second kappa shape index (κ2) is 5.80. The summed E-state index contributed by atoms with van der Waals surface area (Å²) >= 11 is 0. The van der Waals surface area contributed by atoms with Crippen molar-refractivity contribution in [2.45, 2.75) is 13.8 Å². The highest BCUT2D eigenvalue weighted by molar-refractivity contribution is 5.53. The molecule has 2 aromatic carbocycles. The fourth-order valence-corrected chi connectivity index (χ4v) is 1.64. The smallest absolute Gasteiger partial charge is 0.132 e. The lowest BCUT2D eigenvalue weighted by Crippen LogP contribution is -1.81. The lowest BCUT2D eigenvalue weighted by atomic mass is 10.1. The molecule has 0 aliphatic rings. The Labute approximate surface area is 113 Å². The van der Waals surface area contributed by atoms with Gasteiger partial charge in [0.05, 0.1) is 5.56 Å². The van der Waals surface area contributed by atoms with E-state index in [4.69, 9.17) is 0 Å². The first-order valence-corrected chi connectivity index (χ1v) is 6.03. The average molecular weight is 246 g/mol. The summed E-state index contributed by atoms with van der Waals surface area (Å²) in [5, 5.41) is 9.87. The zero-order valence-corrected chi connectivity index (χ0v) is 11.0. The number of hydrogen-bond acceptors (Lipinski definition) is 1. The van der Waals surface area contributed by atoms with Crippen molar-refractivity contribution >= 4 is 0 Å². The number of aryl methyl sites for hydroxylation is 1. The molecule has 0 aromatic heterocycles. The van der Waals surface area contributed by atoms with Crippen molar-refractivity contribution in [1.82, 2.24) is 0 Å². The molecule has 2 aromatic rings. The Hall–Kier alpha value is -2.64. The van der Waals surface area contributed by atoms with E-state index < -0.39 is 0 Å². The number of phenols is 1. The number of rotatable bonds is 0. The van der Waals surface area contributed by atoms with Crippen LogP contribution < -0.4 is 0 Å². The van der Waals surface area contributed by atoms with E-state index in [0.717, 1.165) is 11.1 Å². The lowest BCUT2D eigenvalue weighted by molar-refractivity contribution is 0.473. The summed E-state index contributed by atoms with van der Waals surface area (Å²) in [6.45, 7) is 3.80. The predicted molar refractivity (Wildman–Crippen MR) is 77.8 cm³/mol. The molecule has 2 rings (SSSR count). The number of hydrogen-bond donors (Lipinski definition) is 1. The van der Waals surface area contributed by atoms with Gasteiger partial charge in [-0.15, -0.1) is 5.92 Å². The Kier molecular flexibility index (Phi) is 3.91. The standard InChI is InChI=1S/C18H14O/c1-3-4-16-10-12-17(18(19)13-16)11-9-15-7-5-14(2)6-8-15/h5-8,10,12-13,19H,1-2H3. The molecule has 0 radical (unpaired) electrons. The minimum Gasteiger partial charge on any atom is -0.507 e. The first-order valence-electron chi connectivity index (χ1n) is 6.03. The molecule has 92 valence electrons. The predicted octanol–water partition coefficient (Wildman–Crippen LogP) is 3.47. The zero-order chi connectivity index (χ0) is 13.7. The molecule has 0 spiro atoms. The normalized spacial score (nSPS) is 8.95. The molecule has 0 atom stereocenters. The van der Waals surface area contributed by atoms with Gasteiger partial charge in [0.25, 0.3) is 0 Å². The quantitative estimate of drug-likeness (QED) is 0.706. The van der Waals surface area contributed by atoms with Crippen LogP contribution in [-0.2, 0) is 0 Å². The maximum atomic E-state index is 9.87. The van der Waals surface area contributed by atoms with E-state index in [1.54, 1.807) is 19.1 Å². The summed E-state index contributed by atoms with van der Waals surface area (Å²) in [5.41, 5.74) is 3.54. The second-order valence-electron chi connectivity index (χ2n) is 4.22. The minimum absolute atomic E-state index is 0.167. The Balaban J connectivity index is 2.28. The van der Waals surface area contributed by atoms with Gasteiger partial charge in [-0.05, 0) is 44.2 Å². The third-order valence-electron chi connectivity index (χ3n) is 2.66. The molecule has 0 aliphatic carbocycles. The summed E-state index contributed by atoms with van der Waals surface area (Å²) in [6, 6.07) is 13.3. The molecular weight excluding hydrogens is 232 g/mol. The average Bonchev–Trinajstić information content (AvgIpc) is 2.40. The monoisotopic (exact) mass is 246 g/mol. The molecule has 19 heavy (non-hydrogen) atoms. The molecule has 0 unspecified atom stereocenters. The van der Waals surface area contributed by atoms with Crippen molar-refractivity contribution in [1.29, 1.82) is 0 Å². The molecule has 0 amide bonds. The molecule has 1 heteroatoms. The molecule has 0 heterocycles. The summed E-state index contributed by atoms with van der Waals surface area (Å²) in [7, 11) is 0. The Morgan fingerprint density at radius 2 is 1.53 bits per heavy atom. The van der Waals surface area contributed by atoms with E-state index in [-0.39, 0.29) is 5.75 Å². The Morgan fingerprint density at radius 1 is 0.842 bits per heavy atom. The number of aromatic hydroxyl groups is 1. The molecule has 1 nitrogen and oxygen atoms in total. The Bertz CT molecular complexity index is 701. The first-order chi connectivity index (χ1) is 9.19. The first kappa shape index (κ1) is 12.8. The van der Waals surface area contributed by atoms with Crippen LogP contribution in [-0.4, -0.2) is 5.11 Å². The van der Waals surface area contributed by atoms with Gasteiger partial charge in [-0.2, -0.15) is 0 Å². The number of phenolic OH excluding ortho intramolecular Hbond substituents is 1. The topological polar surface area (TPSA) is 20.2 Å². The molecule has 0 bridgehead atoms. The van der Waals surface area contributed by atoms with Crippen molar-refractivity contribution in [2.24, 2.45) is 0 Å². The largest absolute Gasteiger partial charge is 0.507 e. The van der Waals surface area contributed by atoms with Gasteiger partial charge in [-0.25, -0.2) is 0 Å². The fraction of sp³-hybridized carbons (Fsp3) is 0.111. The molecule has 0 saturated heterocycles. The highest BCUT2D eigenvalue weighted by Gasteiger charge is 1.98. The van der Waals surface area contributed by atoms with E-state index in [2.05, 4.69) is 23.7 Å². The fourth-order valence-electron chi connectivity index (χ4n) is 1.64. The van der Waals surface area contributed by atoms with Crippen molar-refractivity contribution in [3.05, 3.63) is 64.7 Å². The van der Waals surface area contributed by atoms with Crippen LogP contribution in [0.4, 0.5) is 0 Å². The maximum Gasteiger partial charge on any atom is 0.132 e. The maximum absolute atomic E-state index is 9.87. The third kappa shape index (κ3) is 3.41. The zero-order valence-electron chi connectivity index (χ0n) is 11.0. The van der Waals surface area contributed by atoms with Crippen LogP contribution in [0.1, 0.15) is 29.2 Å². The minimum atomic E-state index is 0.167. The molecule has 0 saturated carbocycles. The van der Waals surface area contributed by atoms with E-state index in [9.17, 15) is 5.11 Å². The van der Waals surface area contributed by atoms with Crippen LogP contribution in [0, 0.1) is 30.6 Å². The second-order valence-corrected chi connectivity index (χ2v) is 4.22. The number of benzene rings is 2. The van der Waals surface area contributed by atoms with Gasteiger partial charge < -0.3 is 5.11 Å².